The number of ether oxygens (including phenoxy) is 1. The average Bonchev–Trinajstić information content (AvgIpc) is 3.19. The summed E-state index contributed by atoms with van der Waals surface area (Å²) in [6, 6.07) is 14.7. The molecule has 1 aliphatic carbocycles. The fraction of sp³-hybridized carbons (Fsp3) is 0.346. The first-order valence-electron chi connectivity index (χ1n) is 11.4. The van der Waals surface area contributed by atoms with E-state index < -0.39 is 5.97 Å². The van der Waals surface area contributed by atoms with Crippen molar-refractivity contribution in [3.63, 3.8) is 0 Å². The molecular formula is C26H26ClNO5S. The number of benzene rings is 2. The van der Waals surface area contributed by atoms with E-state index in [-0.39, 0.29) is 23.7 Å². The number of Topliss-reactive ketones (excluding diaryl/α,β-unsaturated/α-hetero) is 1. The quantitative estimate of drug-likeness (QED) is 0.279. The Morgan fingerprint density at radius 2 is 1.74 bits per heavy atom. The van der Waals surface area contributed by atoms with Gasteiger partial charge in [-0.2, -0.15) is 0 Å². The molecule has 2 N–H and O–H groups in total. The van der Waals surface area contributed by atoms with Gasteiger partial charge in [0.1, 0.15) is 10.6 Å². The Morgan fingerprint density at radius 1 is 1.03 bits per heavy atom. The first kappa shape index (κ1) is 24.2. The van der Waals surface area contributed by atoms with E-state index in [1.165, 1.54) is 11.3 Å². The number of carboxylic acids is 1. The number of carbonyl (C=O) groups is 3. The molecule has 0 unspecified atom stereocenters. The lowest BCUT2D eigenvalue weighted by atomic mass is 9.87. The monoisotopic (exact) mass is 499 g/mol. The molecule has 1 fully saturated rings. The Balaban J connectivity index is 1.21. The predicted octanol–water partition coefficient (Wildman–Crippen LogP) is 5.97. The third-order valence-electron chi connectivity index (χ3n) is 6.11. The fourth-order valence-corrected chi connectivity index (χ4v) is 5.61. The number of halogens is 1. The Hall–Kier alpha value is -2.90. The van der Waals surface area contributed by atoms with Crippen molar-refractivity contribution in [1.29, 1.82) is 0 Å². The molecule has 34 heavy (non-hydrogen) atoms. The summed E-state index contributed by atoms with van der Waals surface area (Å²) in [5.41, 5.74) is 0.598. The highest BCUT2D eigenvalue weighted by atomic mass is 35.5. The Kier molecular flexibility index (Phi) is 7.85. The van der Waals surface area contributed by atoms with Crippen LogP contribution in [0.1, 0.15) is 58.6 Å². The molecule has 6 nitrogen and oxygen atoms in total. The van der Waals surface area contributed by atoms with Gasteiger partial charge in [0.05, 0.1) is 17.0 Å². The third kappa shape index (κ3) is 5.77. The summed E-state index contributed by atoms with van der Waals surface area (Å²) in [6.45, 7) is 0.384. The van der Waals surface area contributed by atoms with Gasteiger partial charge in [-0.1, -0.05) is 29.8 Å². The molecule has 0 radical (unpaired) electrons. The summed E-state index contributed by atoms with van der Waals surface area (Å²) >= 11 is 7.71. The lowest BCUT2D eigenvalue weighted by Gasteiger charge is -2.26. The second-order valence-electron chi connectivity index (χ2n) is 8.48. The van der Waals surface area contributed by atoms with Crippen LogP contribution < -0.4 is 10.1 Å². The van der Waals surface area contributed by atoms with Gasteiger partial charge in [-0.15, -0.1) is 11.3 Å². The van der Waals surface area contributed by atoms with Crippen molar-refractivity contribution >= 4 is 50.7 Å². The van der Waals surface area contributed by atoms with E-state index in [0.717, 1.165) is 22.9 Å². The van der Waals surface area contributed by atoms with E-state index in [0.29, 0.717) is 53.4 Å². The van der Waals surface area contributed by atoms with Crippen LogP contribution in [0.5, 0.6) is 5.75 Å². The van der Waals surface area contributed by atoms with Gasteiger partial charge in [-0.25, -0.2) is 0 Å². The zero-order valence-corrected chi connectivity index (χ0v) is 20.2. The van der Waals surface area contributed by atoms with Crippen molar-refractivity contribution < 1.29 is 24.2 Å². The molecule has 8 heteroatoms. The highest BCUT2D eigenvalue weighted by Crippen LogP contribution is 2.35. The molecule has 1 amide bonds. The summed E-state index contributed by atoms with van der Waals surface area (Å²) in [5.74, 6) is -0.542. The van der Waals surface area contributed by atoms with E-state index in [2.05, 4.69) is 5.32 Å². The maximum atomic E-state index is 12.5. The zero-order valence-electron chi connectivity index (χ0n) is 18.6. The number of hydrogen-bond acceptors (Lipinski definition) is 5. The van der Waals surface area contributed by atoms with Crippen molar-refractivity contribution in [2.24, 2.45) is 5.92 Å². The van der Waals surface area contributed by atoms with Crippen molar-refractivity contribution in [2.75, 3.05) is 6.54 Å². The minimum Gasteiger partial charge on any atom is -0.490 e. The number of hydrogen-bond donors (Lipinski definition) is 2. The fourth-order valence-electron chi connectivity index (χ4n) is 4.18. The van der Waals surface area contributed by atoms with E-state index in [4.69, 9.17) is 21.4 Å². The molecule has 1 saturated carbocycles. The standard InChI is InChI=1S/C26H26ClNO5S/c27-23-20-4-1-2-6-22(20)34-24(23)25(30)28-15-3-5-21(29)16-7-11-18(12-8-16)33-19-13-9-17(10-14-19)26(31)32/h1-2,4,6-8,11-12,17,19H,3,5,9-10,13-15H2,(H,28,30)(H,31,32). The zero-order chi connectivity index (χ0) is 24.1. The van der Waals surface area contributed by atoms with Crippen molar-refractivity contribution in [2.45, 2.75) is 44.6 Å². The molecule has 1 heterocycles. The van der Waals surface area contributed by atoms with E-state index in [9.17, 15) is 14.4 Å². The highest BCUT2D eigenvalue weighted by molar-refractivity contribution is 7.21. The molecule has 0 spiro atoms. The molecule has 2 aromatic carbocycles. The topological polar surface area (TPSA) is 92.7 Å². The molecule has 4 rings (SSSR count). The molecule has 3 aromatic rings. The van der Waals surface area contributed by atoms with Crippen LogP contribution in [-0.2, 0) is 4.79 Å². The lowest BCUT2D eigenvalue weighted by molar-refractivity contribution is -0.143. The van der Waals surface area contributed by atoms with Gasteiger partial charge in [0.25, 0.3) is 5.91 Å². The van der Waals surface area contributed by atoms with Gasteiger partial charge in [-0.3, -0.25) is 14.4 Å². The predicted molar refractivity (Wildman–Crippen MR) is 133 cm³/mol. The summed E-state index contributed by atoms with van der Waals surface area (Å²) in [7, 11) is 0. The Labute approximate surface area is 206 Å². The van der Waals surface area contributed by atoms with E-state index >= 15 is 0 Å². The average molecular weight is 500 g/mol. The minimum atomic E-state index is -0.732. The summed E-state index contributed by atoms with van der Waals surface area (Å²) < 4.78 is 6.92. The molecule has 0 atom stereocenters. The normalized spacial score (nSPS) is 17.9. The lowest BCUT2D eigenvalue weighted by Crippen LogP contribution is -2.27. The third-order valence-corrected chi connectivity index (χ3v) is 7.78. The number of carboxylic acid groups (broad SMARTS) is 1. The first-order valence-corrected chi connectivity index (χ1v) is 12.6. The van der Waals surface area contributed by atoms with Crippen molar-refractivity contribution in [3.8, 4) is 5.75 Å². The molecule has 178 valence electrons. The highest BCUT2D eigenvalue weighted by Gasteiger charge is 2.27. The van der Waals surface area contributed by atoms with Crippen LogP contribution in [-0.4, -0.2) is 35.4 Å². The van der Waals surface area contributed by atoms with Crippen LogP contribution >= 0.6 is 22.9 Å². The number of amides is 1. The van der Waals surface area contributed by atoms with Crippen molar-refractivity contribution in [3.05, 3.63) is 64.0 Å². The summed E-state index contributed by atoms with van der Waals surface area (Å²) in [4.78, 5) is 36.5. The van der Waals surface area contributed by atoms with Gasteiger partial charge in [0.2, 0.25) is 0 Å². The van der Waals surface area contributed by atoms with Gasteiger partial charge >= 0.3 is 5.97 Å². The van der Waals surface area contributed by atoms with Gasteiger partial charge in [0, 0.05) is 28.6 Å². The summed E-state index contributed by atoms with van der Waals surface area (Å²) in [5, 5.41) is 13.3. The Bertz CT molecular complexity index is 1180. The van der Waals surface area contributed by atoms with Crippen LogP contribution in [0.15, 0.2) is 48.5 Å². The van der Waals surface area contributed by atoms with Crippen LogP contribution in [0, 0.1) is 5.92 Å². The summed E-state index contributed by atoms with van der Waals surface area (Å²) in [6.07, 6.45) is 3.55. The van der Waals surface area contributed by atoms with Crippen LogP contribution in [0.3, 0.4) is 0 Å². The van der Waals surface area contributed by atoms with Crippen LogP contribution in [0.25, 0.3) is 10.1 Å². The molecule has 0 bridgehead atoms. The number of ketones is 1. The SMILES string of the molecule is O=C(CCCNC(=O)c1sc2ccccc2c1Cl)c1ccc(OC2CCC(C(=O)O)CC2)cc1. The largest absolute Gasteiger partial charge is 0.490 e. The van der Waals surface area contributed by atoms with Crippen molar-refractivity contribution in [1.82, 2.24) is 5.32 Å². The van der Waals surface area contributed by atoms with Gasteiger partial charge in [-0.05, 0) is 62.4 Å². The van der Waals surface area contributed by atoms with E-state index in [1.807, 2.05) is 24.3 Å². The number of aliphatic carboxylic acids is 1. The Morgan fingerprint density at radius 3 is 2.41 bits per heavy atom. The minimum absolute atomic E-state index is 0.00246. The number of nitrogens with one attached hydrogen (secondary N) is 1. The number of carbonyl (C=O) groups excluding carboxylic acids is 2. The first-order chi connectivity index (χ1) is 16.4. The maximum absolute atomic E-state index is 12.5. The van der Waals surface area contributed by atoms with Crippen LogP contribution in [0.4, 0.5) is 0 Å². The van der Waals surface area contributed by atoms with Gasteiger partial charge in [0.15, 0.2) is 5.78 Å². The number of thiophene rings is 1. The van der Waals surface area contributed by atoms with Gasteiger partial charge < -0.3 is 15.2 Å². The number of rotatable bonds is 9. The molecular weight excluding hydrogens is 474 g/mol. The number of fused-ring (bicyclic) bond motifs is 1. The maximum Gasteiger partial charge on any atom is 0.306 e. The molecule has 1 aromatic heterocycles. The second kappa shape index (κ2) is 11.0. The second-order valence-corrected chi connectivity index (χ2v) is 9.91. The molecule has 1 aliphatic rings. The molecule has 0 aliphatic heterocycles. The van der Waals surface area contributed by atoms with E-state index in [1.54, 1.807) is 24.3 Å². The smallest absolute Gasteiger partial charge is 0.306 e. The van der Waals surface area contributed by atoms with Crippen LogP contribution in [0.2, 0.25) is 5.02 Å². The molecule has 0 saturated heterocycles.